The first-order chi connectivity index (χ1) is 10.7. The summed E-state index contributed by atoms with van der Waals surface area (Å²) < 4.78 is 0. The summed E-state index contributed by atoms with van der Waals surface area (Å²) in [5.74, 6) is -1.38. The Hall–Kier alpha value is -1.95. The molecule has 2 amide bonds. The summed E-state index contributed by atoms with van der Waals surface area (Å²) in [6.07, 6.45) is 10.4. The molecule has 0 aromatic carbocycles. The van der Waals surface area contributed by atoms with E-state index in [-0.39, 0.29) is 19.3 Å². The normalized spacial score (nSPS) is 17.3. The molecule has 2 aliphatic rings. The summed E-state index contributed by atoms with van der Waals surface area (Å²) in [6.45, 7) is 1.82. The third kappa shape index (κ3) is 5.11. The standard InChI is InChI=1S/C16H22N2O4/c19-14-9-10-15(20)18(14)22-16(21)8-2-1-5-11-17-12-13-6-3-4-7-13/h3-4,6,17H,1-2,5,7-12H2. The summed E-state index contributed by atoms with van der Waals surface area (Å²) in [5, 5.41) is 3.97. The molecule has 0 atom stereocenters. The SMILES string of the molecule is O=C(CCCCCNCC1=CC=CC1)ON1C(=O)CCC1=O. The highest BCUT2D eigenvalue weighted by molar-refractivity contribution is 6.01. The Labute approximate surface area is 130 Å². The van der Waals surface area contributed by atoms with Crippen LogP contribution in [0.25, 0.3) is 0 Å². The largest absolute Gasteiger partial charge is 0.333 e. The summed E-state index contributed by atoms with van der Waals surface area (Å²) in [4.78, 5) is 38.9. The first-order valence-corrected chi connectivity index (χ1v) is 7.78. The van der Waals surface area contributed by atoms with E-state index in [9.17, 15) is 14.4 Å². The fourth-order valence-electron chi connectivity index (χ4n) is 2.37. The number of allylic oxidation sites excluding steroid dienone is 3. The quantitative estimate of drug-likeness (QED) is 0.517. The van der Waals surface area contributed by atoms with Crippen LogP contribution in [0, 0.1) is 0 Å². The Morgan fingerprint density at radius 3 is 2.64 bits per heavy atom. The second kappa shape index (κ2) is 8.48. The monoisotopic (exact) mass is 306 g/mol. The van der Waals surface area contributed by atoms with E-state index in [1.54, 1.807) is 0 Å². The molecule has 0 radical (unpaired) electrons. The zero-order chi connectivity index (χ0) is 15.8. The minimum atomic E-state index is -0.515. The van der Waals surface area contributed by atoms with Crippen molar-refractivity contribution in [3.63, 3.8) is 0 Å². The van der Waals surface area contributed by atoms with Gasteiger partial charge in [-0.2, -0.15) is 0 Å². The lowest BCUT2D eigenvalue weighted by Crippen LogP contribution is -2.31. The number of unbranched alkanes of at least 4 members (excludes halogenated alkanes) is 2. The minimum Gasteiger partial charge on any atom is -0.330 e. The lowest BCUT2D eigenvalue weighted by atomic mass is 10.2. The fourth-order valence-corrected chi connectivity index (χ4v) is 2.37. The van der Waals surface area contributed by atoms with Crippen LogP contribution in [-0.2, 0) is 19.2 Å². The maximum absolute atomic E-state index is 11.6. The van der Waals surface area contributed by atoms with Crippen LogP contribution in [0.4, 0.5) is 0 Å². The molecule has 6 nitrogen and oxygen atoms in total. The molecule has 1 N–H and O–H groups in total. The van der Waals surface area contributed by atoms with E-state index in [0.29, 0.717) is 11.5 Å². The average molecular weight is 306 g/mol. The molecule has 0 aromatic heterocycles. The van der Waals surface area contributed by atoms with Crippen molar-refractivity contribution in [2.45, 2.75) is 44.9 Å². The number of rotatable bonds is 9. The summed E-state index contributed by atoms with van der Waals surface area (Å²) in [6, 6.07) is 0. The lowest BCUT2D eigenvalue weighted by Gasteiger charge is -2.12. The average Bonchev–Trinajstić information content (AvgIpc) is 3.11. The molecule has 1 aliphatic carbocycles. The molecule has 0 aromatic rings. The molecule has 0 spiro atoms. The predicted molar refractivity (Wildman–Crippen MR) is 80.4 cm³/mol. The molecule has 0 saturated carbocycles. The van der Waals surface area contributed by atoms with Gasteiger partial charge < -0.3 is 10.2 Å². The Bertz CT molecular complexity index is 480. The Kier molecular flexibility index (Phi) is 6.33. The smallest absolute Gasteiger partial charge is 0.330 e. The van der Waals surface area contributed by atoms with Crippen LogP contribution in [0.1, 0.15) is 44.9 Å². The molecule has 0 bridgehead atoms. The minimum absolute atomic E-state index is 0.129. The van der Waals surface area contributed by atoms with Gasteiger partial charge in [-0.3, -0.25) is 9.59 Å². The van der Waals surface area contributed by atoms with Gasteiger partial charge in [-0.1, -0.05) is 30.2 Å². The predicted octanol–water partition coefficient (Wildman–Crippen LogP) is 1.63. The number of imide groups is 1. The molecular weight excluding hydrogens is 284 g/mol. The van der Waals surface area contributed by atoms with Gasteiger partial charge in [0.05, 0.1) is 0 Å². The van der Waals surface area contributed by atoms with Gasteiger partial charge in [0.25, 0.3) is 11.8 Å². The maximum Gasteiger partial charge on any atom is 0.333 e. The molecule has 1 fully saturated rings. The Morgan fingerprint density at radius 1 is 1.18 bits per heavy atom. The van der Waals surface area contributed by atoms with E-state index in [4.69, 9.17) is 4.84 Å². The van der Waals surface area contributed by atoms with Crippen molar-refractivity contribution in [1.82, 2.24) is 10.4 Å². The van der Waals surface area contributed by atoms with Crippen LogP contribution < -0.4 is 5.32 Å². The summed E-state index contributed by atoms with van der Waals surface area (Å²) in [7, 11) is 0. The van der Waals surface area contributed by atoms with E-state index in [1.165, 1.54) is 5.57 Å². The van der Waals surface area contributed by atoms with Crippen molar-refractivity contribution in [3.8, 4) is 0 Å². The second-order valence-electron chi connectivity index (χ2n) is 5.49. The van der Waals surface area contributed by atoms with Gasteiger partial charge in [-0.05, 0) is 25.8 Å². The first kappa shape index (κ1) is 16.4. The van der Waals surface area contributed by atoms with E-state index < -0.39 is 17.8 Å². The molecule has 120 valence electrons. The third-order valence-corrected chi connectivity index (χ3v) is 3.63. The van der Waals surface area contributed by atoms with Crippen LogP contribution in [0.5, 0.6) is 0 Å². The number of hydrogen-bond donors (Lipinski definition) is 1. The summed E-state index contributed by atoms with van der Waals surface area (Å²) in [5.41, 5.74) is 1.39. The molecule has 2 rings (SSSR count). The maximum atomic E-state index is 11.6. The second-order valence-corrected chi connectivity index (χ2v) is 5.49. The number of carbonyl (C=O) groups excluding carboxylic acids is 3. The van der Waals surface area contributed by atoms with Crippen LogP contribution in [-0.4, -0.2) is 35.9 Å². The van der Waals surface area contributed by atoms with Crippen LogP contribution in [0.2, 0.25) is 0 Å². The molecule has 0 unspecified atom stereocenters. The van der Waals surface area contributed by atoms with Crippen LogP contribution in [0.15, 0.2) is 23.8 Å². The molecular formula is C16H22N2O4. The van der Waals surface area contributed by atoms with Gasteiger partial charge in [-0.25, -0.2) is 4.79 Å². The molecule has 6 heteroatoms. The molecule has 1 aliphatic heterocycles. The van der Waals surface area contributed by atoms with E-state index >= 15 is 0 Å². The molecule has 1 saturated heterocycles. The first-order valence-electron chi connectivity index (χ1n) is 7.78. The molecule has 1 heterocycles. The number of carbonyl (C=O) groups is 3. The number of amides is 2. The van der Waals surface area contributed by atoms with Crippen molar-refractivity contribution >= 4 is 17.8 Å². The zero-order valence-corrected chi connectivity index (χ0v) is 12.7. The number of hydrogen-bond acceptors (Lipinski definition) is 5. The number of hydroxylamine groups is 2. The van der Waals surface area contributed by atoms with E-state index in [0.717, 1.165) is 32.4 Å². The van der Waals surface area contributed by atoms with Gasteiger partial charge in [0, 0.05) is 25.8 Å². The van der Waals surface area contributed by atoms with Crippen LogP contribution >= 0.6 is 0 Å². The van der Waals surface area contributed by atoms with Crippen molar-refractivity contribution < 1.29 is 19.2 Å². The number of nitrogens with zero attached hydrogens (tertiary/aromatic N) is 1. The van der Waals surface area contributed by atoms with Crippen molar-refractivity contribution in [1.29, 1.82) is 0 Å². The van der Waals surface area contributed by atoms with Crippen molar-refractivity contribution in [2.75, 3.05) is 13.1 Å². The van der Waals surface area contributed by atoms with Gasteiger partial charge in [0.2, 0.25) is 0 Å². The highest BCUT2D eigenvalue weighted by Crippen LogP contribution is 2.13. The fraction of sp³-hybridized carbons (Fsp3) is 0.562. The molecule has 22 heavy (non-hydrogen) atoms. The summed E-state index contributed by atoms with van der Waals surface area (Å²) >= 11 is 0. The van der Waals surface area contributed by atoms with E-state index in [2.05, 4.69) is 23.5 Å². The third-order valence-electron chi connectivity index (χ3n) is 3.63. The van der Waals surface area contributed by atoms with Gasteiger partial charge in [0.15, 0.2) is 0 Å². The van der Waals surface area contributed by atoms with Crippen LogP contribution in [0.3, 0.4) is 0 Å². The zero-order valence-electron chi connectivity index (χ0n) is 12.7. The van der Waals surface area contributed by atoms with Crippen molar-refractivity contribution in [2.24, 2.45) is 0 Å². The highest BCUT2D eigenvalue weighted by atomic mass is 16.7. The van der Waals surface area contributed by atoms with Gasteiger partial charge in [0.1, 0.15) is 0 Å². The Balaban J connectivity index is 1.47. The van der Waals surface area contributed by atoms with E-state index in [1.807, 2.05) is 0 Å². The Morgan fingerprint density at radius 2 is 1.95 bits per heavy atom. The topological polar surface area (TPSA) is 75.7 Å². The van der Waals surface area contributed by atoms with Gasteiger partial charge in [-0.15, -0.1) is 5.06 Å². The van der Waals surface area contributed by atoms with Crippen molar-refractivity contribution in [3.05, 3.63) is 23.8 Å². The number of nitrogens with one attached hydrogen (secondary N) is 1. The van der Waals surface area contributed by atoms with Gasteiger partial charge >= 0.3 is 5.97 Å². The highest BCUT2D eigenvalue weighted by Gasteiger charge is 2.32. The lowest BCUT2D eigenvalue weighted by molar-refractivity contribution is -0.197.